The van der Waals surface area contributed by atoms with Gasteiger partial charge in [0.1, 0.15) is 0 Å². The van der Waals surface area contributed by atoms with E-state index in [0.29, 0.717) is 0 Å². The molecule has 0 amide bonds. The van der Waals surface area contributed by atoms with Gasteiger partial charge in [-0.1, -0.05) is 101 Å². The standard InChI is InChI=1S/C32H24BNS/c1-21-11-15-25(16-12-21)34-28-18-13-22(2)19-27(28)33-26-17-14-24(23-7-4-3-5-8-23)20-31(26)35-30-10-6-9-29(34)32(30)33/h3-20H,1-2H3. The Labute approximate surface area is 211 Å². The first-order valence-electron chi connectivity index (χ1n) is 12.1. The van der Waals surface area contributed by atoms with Crippen LogP contribution in [0.15, 0.2) is 119 Å². The third-order valence-corrected chi connectivity index (χ3v) is 8.40. The van der Waals surface area contributed by atoms with Crippen LogP contribution >= 0.6 is 11.8 Å². The van der Waals surface area contributed by atoms with Crippen molar-refractivity contribution in [3.8, 4) is 11.1 Å². The van der Waals surface area contributed by atoms with Crippen molar-refractivity contribution in [2.45, 2.75) is 23.6 Å². The van der Waals surface area contributed by atoms with Gasteiger partial charge in [-0.05, 0) is 72.3 Å². The van der Waals surface area contributed by atoms with Gasteiger partial charge in [-0.2, -0.15) is 0 Å². The van der Waals surface area contributed by atoms with E-state index < -0.39 is 0 Å². The highest BCUT2D eigenvalue weighted by molar-refractivity contribution is 8.00. The number of benzene rings is 5. The summed E-state index contributed by atoms with van der Waals surface area (Å²) >= 11 is 1.91. The van der Waals surface area contributed by atoms with Crippen LogP contribution in [0, 0.1) is 13.8 Å². The van der Waals surface area contributed by atoms with E-state index >= 15 is 0 Å². The van der Waals surface area contributed by atoms with Gasteiger partial charge in [0.2, 0.25) is 6.71 Å². The number of anilines is 3. The van der Waals surface area contributed by atoms with Gasteiger partial charge < -0.3 is 4.90 Å². The zero-order valence-electron chi connectivity index (χ0n) is 19.8. The second-order valence-electron chi connectivity index (χ2n) is 9.58. The van der Waals surface area contributed by atoms with Crippen LogP contribution in [0.2, 0.25) is 0 Å². The molecule has 0 saturated heterocycles. The quantitative estimate of drug-likeness (QED) is 0.260. The number of nitrogens with zero attached hydrogens (tertiary/aromatic N) is 1. The summed E-state index contributed by atoms with van der Waals surface area (Å²) in [6.07, 6.45) is 0. The summed E-state index contributed by atoms with van der Waals surface area (Å²) in [6.45, 7) is 4.59. The van der Waals surface area contributed by atoms with E-state index in [4.69, 9.17) is 0 Å². The molecule has 0 aromatic heterocycles. The van der Waals surface area contributed by atoms with E-state index in [9.17, 15) is 0 Å². The van der Waals surface area contributed by atoms with Crippen LogP contribution in [0.5, 0.6) is 0 Å². The lowest BCUT2D eigenvalue weighted by molar-refractivity contribution is 1.26. The number of hydrogen-bond donors (Lipinski definition) is 0. The molecule has 3 heteroatoms. The van der Waals surface area contributed by atoms with Crippen molar-refractivity contribution in [2.24, 2.45) is 0 Å². The Balaban J connectivity index is 1.47. The van der Waals surface area contributed by atoms with E-state index in [1.807, 2.05) is 11.8 Å². The molecule has 35 heavy (non-hydrogen) atoms. The van der Waals surface area contributed by atoms with Gasteiger partial charge in [-0.3, -0.25) is 0 Å². The SMILES string of the molecule is Cc1ccc(N2c3ccc(C)cc3B3c4ccc(-c5ccccc5)cc4Sc4cccc2c43)cc1. The highest BCUT2D eigenvalue weighted by Crippen LogP contribution is 2.42. The van der Waals surface area contributed by atoms with Crippen molar-refractivity contribution in [3.63, 3.8) is 0 Å². The van der Waals surface area contributed by atoms with E-state index in [2.05, 4.69) is 128 Å². The molecule has 0 saturated carbocycles. The van der Waals surface area contributed by atoms with Crippen LogP contribution in [-0.4, -0.2) is 6.71 Å². The number of fused-ring (bicyclic) bond motifs is 4. The molecule has 7 rings (SSSR count). The van der Waals surface area contributed by atoms with Gasteiger partial charge in [0, 0.05) is 26.9 Å². The van der Waals surface area contributed by atoms with E-state index in [-0.39, 0.29) is 6.71 Å². The predicted octanol–water partition coefficient (Wildman–Crippen LogP) is 6.73. The minimum atomic E-state index is 0.235. The van der Waals surface area contributed by atoms with Crippen LogP contribution < -0.4 is 21.3 Å². The fourth-order valence-corrected chi connectivity index (χ4v) is 6.79. The molecule has 1 nitrogen and oxygen atoms in total. The van der Waals surface area contributed by atoms with Gasteiger partial charge >= 0.3 is 0 Å². The molecule has 0 bridgehead atoms. The lowest BCUT2D eigenvalue weighted by atomic mass is 9.34. The Morgan fingerprint density at radius 3 is 2.20 bits per heavy atom. The summed E-state index contributed by atoms with van der Waals surface area (Å²) in [7, 11) is 0. The molecule has 0 aliphatic carbocycles. The fourth-order valence-electron chi connectivity index (χ4n) is 5.59. The molecule has 0 unspecified atom stereocenters. The van der Waals surface area contributed by atoms with E-state index in [1.165, 1.54) is 65.5 Å². The highest BCUT2D eigenvalue weighted by atomic mass is 32.2. The second-order valence-corrected chi connectivity index (χ2v) is 10.7. The summed E-state index contributed by atoms with van der Waals surface area (Å²) in [5.74, 6) is 0. The minimum absolute atomic E-state index is 0.235. The van der Waals surface area contributed by atoms with Crippen molar-refractivity contribution < 1.29 is 0 Å². The molecule has 166 valence electrons. The third kappa shape index (κ3) is 3.26. The average Bonchev–Trinajstić information content (AvgIpc) is 2.89. The largest absolute Gasteiger partial charge is 0.311 e. The molecular formula is C32H24BNS. The zero-order chi connectivity index (χ0) is 23.5. The van der Waals surface area contributed by atoms with Gasteiger partial charge in [0.05, 0.1) is 0 Å². The topological polar surface area (TPSA) is 3.24 Å². The number of rotatable bonds is 2. The summed E-state index contributed by atoms with van der Waals surface area (Å²) < 4.78 is 0. The van der Waals surface area contributed by atoms with Crippen LogP contribution in [0.4, 0.5) is 17.1 Å². The Morgan fingerprint density at radius 1 is 0.571 bits per heavy atom. The van der Waals surface area contributed by atoms with Gasteiger partial charge in [-0.25, -0.2) is 0 Å². The first-order chi connectivity index (χ1) is 17.2. The molecule has 2 heterocycles. The smallest absolute Gasteiger partial charge is 0.249 e. The molecule has 0 radical (unpaired) electrons. The van der Waals surface area contributed by atoms with Crippen molar-refractivity contribution in [2.75, 3.05) is 4.90 Å². The lowest BCUT2D eigenvalue weighted by Gasteiger charge is -2.40. The molecule has 2 aliphatic heterocycles. The average molecular weight is 465 g/mol. The second kappa shape index (κ2) is 7.93. The summed E-state index contributed by atoms with van der Waals surface area (Å²) in [5, 5.41) is 0. The monoisotopic (exact) mass is 465 g/mol. The molecule has 2 aliphatic rings. The maximum absolute atomic E-state index is 2.45. The van der Waals surface area contributed by atoms with Crippen molar-refractivity contribution in [3.05, 3.63) is 120 Å². The Bertz CT molecular complexity index is 1590. The van der Waals surface area contributed by atoms with Crippen LogP contribution in [0.25, 0.3) is 11.1 Å². The van der Waals surface area contributed by atoms with Gasteiger partial charge in [0.25, 0.3) is 0 Å². The Kier molecular flexibility index (Phi) is 4.68. The summed E-state index contributed by atoms with van der Waals surface area (Å²) in [4.78, 5) is 5.17. The number of hydrogen-bond acceptors (Lipinski definition) is 2. The van der Waals surface area contributed by atoms with E-state index in [0.717, 1.165) is 0 Å². The Morgan fingerprint density at radius 2 is 1.37 bits per heavy atom. The van der Waals surface area contributed by atoms with Crippen LogP contribution in [0.1, 0.15) is 11.1 Å². The molecule has 0 fully saturated rings. The van der Waals surface area contributed by atoms with Crippen LogP contribution in [0.3, 0.4) is 0 Å². The van der Waals surface area contributed by atoms with Gasteiger partial charge in [-0.15, -0.1) is 0 Å². The molecule has 5 aromatic carbocycles. The predicted molar refractivity (Wildman–Crippen MR) is 151 cm³/mol. The number of aryl methyl sites for hydroxylation is 2. The minimum Gasteiger partial charge on any atom is -0.311 e. The zero-order valence-corrected chi connectivity index (χ0v) is 20.6. The fraction of sp³-hybridized carbons (Fsp3) is 0.0625. The molecular weight excluding hydrogens is 441 g/mol. The molecule has 5 aromatic rings. The normalized spacial score (nSPS) is 13.2. The van der Waals surface area contributed by atoms with Crippen molar-refractivity contribution in [1.29, 1.82) is 0 Å². The van der Waals surface area contributed by atoms with Crippen LogP contribution in [-0.2, 0) is 0 Å². The molecule has 0 atom stereocenters. The summed E-state index contributed by atoms with van der Waals surface area (Å²) in [6, 6.07) is 40.4. The lowest BCUT2D eigenvalue weighted by Crippen LogP contribution is -2.59. The third-order valence-electron chi connectivity index (χ3n) is 7.25. The maximum atomic E-state index is 2.45. The molecule has 0 spiro atoms. The molecule has 0 N–H and O–H groups in total. The van der Waals surface area contributed by atoms with Crippen molar-refractivity contribution >= 4 is 51.9 Å². The highest BCUT2D eigenvalue weighted by Gasteiger charge is 2.40. The maximum Gasteiger partial charge on any atom is 0.249 e. The first kappa shape index (κ1) is 20.7. The Hall–Kier alpha value is -3.69. The van der Waals surface area contributed by atoms with E-state index in [1.54, 1.807) is 0 Å². The first-order valence-corrected chi connectivity index (χ1v) is 13.0. The van der Waals surface area contributed by atoms with Gasteiger partial charge in [0.15, 0.2) is 0 Å². The van der Waals surface area contributed by atoms with Crippen molar-refractivity contribution in [1.82, 2.24) is 0 Å². The summed E-state index contributed by atoms with van der Waals surface area (Å²) in [5.41, 5.74) is 13.1.